The van der Waals surface area contributed by atoms with Crippen LogP contribution in [-0.4, -0.2) is 24.8 Å². The molecule has 0 bridgehead atoms. The first-order valence-corrected chi connectivity index (χ1v) is 7.62. The second kappa shape index (κ2) is 8.62. The maximum Gasteiger partial charge on any atom is 0.339 e. The third-order valence-electron chi connectivity index (χ3n) is 3.15. The summed E-state index contributed by atoms with van der Waals surface area (Å²) in [5.74, 6) is 0.611. The standard InChI is InChI=1S/C19H20O5/c1-3-11-23-14-7-6-8-15(12-14)24-18-10-5-4-9-16(18)17(13-22-2)19(20)21/h4-10,12-13H,3,11H2,1-2H3,(H,20,21). The molecule has 5 nitrogen and oxygen atoms in total. The summed E-state index contributed by atoms with van der Waals surface area (Å²) in [7, 11) is 1.40. The van der Waals surface area contributed by atoms with Crippen LogP contribution in [0.15, 0.2) is 54.8 Å². The van der Waals surface area contributed by atoms with Crippen LogP contribution in [0.25, 0.3) is 5.57 Å². The predicted molar refractivity (Wildman–Crippen MR) is 91.4 cm³/mol. The molecule has 0 saturated heterocycles. The minimum Gasteiger partial charge on any atom is -0.503 e. The Morgan fingerprint density at radius 1 is 1.12 bits per heavy atom. The SMILES string of the molecule is CCCOc1cccc(Oc2ccccc2C(=COC)C(=O)O)c1. The number of carbonyl (C=O) groups is 1. The Bertz CT molecular complexity index is 721. The molecule has 0 spiro atoms. The fourth-order valence-corrected chi connectivity index (χ4v) is 2.10. The van der Waals surface area contributed by atoms with Gasteiger partial charge in [-0.15, -0.1) is 0 Å². The zero-order chi connectivity index (χ0) is 17.4. The van der Waals surface area contributed by atoms with E-state index in [4.69, 9.17) is 14.2 Å². The molecule has 0 amide bonds. The van der Waals surface area contributed by atoms with Crippen molar-refractivity contribution in [2.45, 2.75) is 13.3 Å². The highest BCUT2D eigenvalue weighted by atomic mass is 16.5. The molecule has 0 atom stereocenters. The molecule has 0 radical (unpaired) electrons. The monoisotopic (exact) mass is 328 g/mol. The highest BCUT2D eigenvalue weighted by Crippen LogP contribution is 2.31. The number of rotatable bonds is 8. The lowest BCUT2D eigenvalue weighted by molar-refractivity contribution is -0.130. The lowest BCUT2D eigenvalue weighted by Gasteiger charge is -2.12. The molecule has 24 heavy (non-hydrogen) atoms. The summed E-state index contributed by atoms with van der Waals surface area (Å²) in [6.07, 6.45) is 2.10. The number of carboxylic acid groups (broad SMARTS) is 1. The molecule has 1 N–H and O–H groups in total. The van der Waals surface area contributed by atoms with Gasteiger partial charge in [0.15, 0.2) is 0 Å². The molecule has 0 heterocycles. The summed E-state index contributed by atoms with van der Waals surface area (Å²) >= 11 is 0. The lowest BCUT2D eigenvalue weighted by atomic mass is 10.1. The zero-order valence-corrected chi connectivity index (χ0v) is 13.7. The predicted octanol–water partition coefficient (Wildman–Crippen LogP) is 4.34. The number of hydrogen-bond acceptors (Lipinski definition) is 4. The number of ether oxygens (including phenoxy) is 3. The largest absolute Gasteiger partial charge is 0.503 e. The molecule has 5 heteroatoms. The topological polar surface area (TPSA) is 65.0 Å². The van der Waals surface area contributed by atoms with Crippen LogP contribution < -0.4 is 9.47 Å². The van der Waals surface area contributed by atoms with E-state index in [0.29, 0.717) is 29.4 Å². The van der Waals surface area contributed by atoms with E-state index in [2.05, 4.69) is 0 Å². The minimum absolute atomic E-state index is 0.0199. The van der Waals surface area contributed by atoms with Gasteiger partial charge in [0.25, 0.3) is 0 Å². The van der Waals surface area contributed by atoms with Gasteiger partial charge in [-0.05, 0) is 24.6 Å². The van der Waals surface area contributed by atoms with Crippen LogP contribution in [0.4, 0.5) is 0 Å². The summed E-state index contributed by atoms with van der Waals surface area (Å²) in [5.41, 5.74) is 0.457. The van der Waals surface area contributed by atoms with Gasteiger partial charge in [0, 0.05) is 11.6 Å². The van der Waals surface area contributed by atoms with E-state index in [1.165, 1.54) is 13.4 Å². The van der Waals surface area contributed by atoms with Crippen LogP contribution in [0.3, 0.4) is 0 Å². The molecular weight excluding hydrogens is 308 g/mol. The molecule has 126 valence electrons. The van der Waals surface area contributed by atoms with E-state index < -0.39 is 5.97 Å². The first-order chi connectivity index (χ1) is 11.7. The van der Waals surface area contributed by atoms with Crippen LogP contribution in [0.5, 0.6) is 17.2 Å². The number of aliphatic carboxylic acids is 1. The molecule has 2 aromatic rings. The van der Waals surface area contributed by atoms with E-state index in [-0.39, 0.29) is 5.57 Å². The van der Waals surface area contributed by atoms with Gasteiger partial charge in [-0.1, -0.05) is 31.2 Å². The third kappa shape index (κ3) is 4.52. The molecule has 0 saturated carbocycles. The van der Waals surface area contributed by atoms with E-state index >= 15 is 0 Å². The average molecular weight is 328 g/mol. The Kier molecular flexibility index (Phi) is 6.25. The molecular formula is C19H20O5. The zero-order valence-electron chi connectivity index (χ0n) is 13.7. The smallest absolute Gasteiger partial charge is 0.339 e. The normalized spacial score (nSPS) is 11.0. The lowest BCUT2D eigenvalue weighted by Crippen LogP contribution is -2.02. The molecule has 0 aromatic heterocycles. The molecule has 0 fully saturated rings. The molecule has 2 rings (SSSR count). The summed E-state index contributed by atoms with van der Waals surface area (Å²) in [6.45, 7) is 2.66. The van der Waals surface area contributed by atoms with Crippen molar-refractivity contribution in [3.63, 3.8) is 0 Å². The third-order valence-corrected chi connectivity index (χ3v) is 3.15. The van der Waals surface area contributed by atoms with Gasteiger partial charge < -0.3 is 19.3 Å². The Hall–Kier alpha value is -2.95. The van der Waals surface area contributed by atoms with Crippen molar-refractivity contribution in [2.75, 3.05) is 13.7 Å². The molecule has 0 aliphatic rings. The summed E-state index contributed by atoms with van der Waals surface area (Å²) in [4.78, 5) is 11.4. The summed E-state index contributed by atoms with van der Waals surface area (Å²) < 4.78 is 16.3. The average Bonchev–Trinajstić information content (AvgIpc) is 2.59. The van der Waals surface area contributed by atoms with Crippen molar-refractivity contribution in [1.82, 2.24) is 0 Å². The molecule has 2 aromatic carbocycles. The number of para-hydroxylation sites is 1. The molecule has 0 aliphatic heterocycles. The van der Waals surface area contributed by atoms with Gasteiger partial charge in [-0.25, -0.2) is 4.79 Å². The van der Waals surface area contributed by atoms with Gasteiger partial charge >= 0.3 is 5.97 Å². The Morgan fingerprint density at radius 2 is 1.88 bits per heavy atom. The maximum absolute atomic E-state index is 11.4. The Balaban J connectivity index is 2.31. The van der Waals surface area contributed by atoms with Crippen molar-refractivity contribution in [1.29, 1.82) is 0 Å². The second-order valence-electron chi connectivity index (χ2n) is 4.99. The van der Waals surface area contributed by atoms with Gasteiger partial charge in [0.1, 0.15) is 22.8 Å². The first kappa shape index (κ1) is 17.4. The van der Waals surface area contributed by atoms with E-state index in [1.807, 2.05) is 19.1 Å². The van der Waals surface area contributed by atoms with Crippen LogP contribution in [0.1, 0.15) is 18.9 Å². The number of carboxylic acids is 1. The van der Waals surface area contributed by atoms with E-state index in [0.717, 1.165) is 6.42 Å². The fourth-order valence-electron chi connectivity index (χ4n) is 2.10. The Labute approximate surface area is 141 Å². The number of methoxy groups -OCH3 is 1. The van der Waals surface area contributed by atoms with Crippen molar-refractivity contribution in [3.8, 4) is 17.2 Å². The highest BCUT2D eigenvalue weighted by Gasteiger charge is 2.16. The van der Waals surface area contributed by atoms with Crippen molar-refractivity contribution in [2.24, 2.45) is 0 Å². The summed E-state index contributed by atoms with van der Waals surface area (Å²) in [5, 5.41) is 9.37. The van der Waals surface area contributed by atoms with Crippen LogP contribution >= 0.6 is 0 Å². The van der Waals surface area contributed by atoms with Crippen molar-refractivity contribution >= 4 is 11.5 Å². The van der Waals surface area contributed by atoms with Gasteiger partial charge in [0.2, 0.25) is 0 Å². The van der Waals surface area contributed by atoms with Gasteiger partial charge in [-0.3, -0.25) is 0 Å². The molecule has 0 aliphatic carbocycles. The number of benzene rings is 2. The van der Waals surface area contributed by atoms with Crippen molar-refractivity contribution in [3.05, 3.63) is 60.4 Å². The van der Waals surface area contributed by atoms with E-state index in [9.17, 15) is 9.90 Å². The van der Waals surface area contributed by atoms with Gasteiger partial charge in [-0.2, -0.15) is 0 Å². The highest BCUT2D eigenvalue weighted by molar-refractivity contribution is 6.15. The maximum atomic E-state index is 11.4. The fraction of sp³-hybridized carbons (Fsp3) is 0.211. The van der Waals surface area contributed by atoms with E-state index in [1.54, 1.807) is 36.4 Å². The quantitative estimate of drug-likeness (QED) is 0.577. The van der Waals surface area contributed by atoms with Crippen LogP contribution in [0, 0.1) is 0 Å². The van der Waals surface area contributed by atoms with Crippen molar-refractivity contribution < 1.29 is 24.1 Å². The number of hydrogen-bond donors (Lipinski definition) is 1. The first-order valence-electron chi connectivity index (χ1n) is 7.62. The summed E-state index contributed by atoms with van der Waals surface area (Å²) in [6, 6.07) is 14.1. The van der Waals surface area contributed by atoms with Crippen LogP contribution in [0.2, 0.25) is 0 Å². The van der Waals surface area contributed by atoms with Gasteiger partial charge in [0.05, 0.1) is 20.0 Å². The molecule has 0 unspecified atom stereocenters. The minimum atomic E-state index is -1.09. The Morgan fingerprint density at radius 3 is 2.58 bits per heavy atom. The second-order valence-corrected chi connectivity index (χ2v) is 4.99. The van der Waals surface area contributed by atoms with Crippen LogP contribution in [-0.2, 0) is 9.53 Å².